The van der Waals surface area contributed by atoms with Gasteiger partial charge in [0.25, 0.3) is 0 Å². The second-order valence-electron chi connectivity index (χ2n) is 7.50. The Kier molecular flexibility index (Phi) is 6.04. The molecule has 0 atom stereocenters. The number of hydrazone groups is 1. The Bertz CT molecular complexity index is 1280. The zero-order valence-corrected chi connectivity index (χ0v) is 17.6. The highest BCUT2D eigenvalue weighted by Crippen LogP contribution is 2.47. The van der Waals surface area contributed by atoms with Crippen LogP contribution in [-0.2, 0) is 9.59 Å². The molecule has 1 fully saturated rings. The minimum Gasteiger partial charge on any atom is -0.435 e. The van der Waals surface area contributed by atoms with E-state index in [9.17, 15) is 18.4 Å². The van der Waals surface area contributed by atoms with Crippen molar-refractivity contribution in [3.8, 4) is 11.6 Å². The van der Waals surface area contributed by atoms with Crippen LogP contribution in [0.1, 0.15) is 18.4 Å². The van der Waals surface area contributed by atoms with Gasteiger partial charge in [0, 0.05) is 17.4 Å². The van der Waals surface area contributed by atoms with Crippen molar-refractivity contribution < 1.29 is 23.1 Å². The fourth-order valence-electron chi connectivity index (χ4n) is 3.15. The summed E-state index contributed by atoms with van der Waals surface area (Å²) in [5, 5.41) is 8.51. The van der Waals surface area contributed by atoms with Gasteiger partial charge in [0.05, 0.1) is 11.8 Å². The molecule has 10 nitrogen and oxygen atoms in total. The fourth-order valence-corrected chi connectivity index (χ4v) is 3.15. The number of halogens is 2. The van der Waals surface area contributed by atoms with Gasteiger partial charge in [-0.15, -0.1) is 0 Å². The average Bonchev–Trinajstić information content (AvgIpc) is 3.62. The van der Waals surface area contributed by atoms with Gasteiger partial charge in [-0.25, -0.2) is 18.7 Å². The maximum atomic E-state index is 14.7. The van der Waals surface area contributed by atoms with Crippen molar-refractivity contribution in [2.24, 2.45) is 16.4 Å². The Balaban J connectivity index is 1.45. The second kappa shape index (κ2) is 9.10. The molecule has 2 amide bonds. The number of rotatable bonds is 7. The van der Waals surface area contributed by atoms with E-state index in [1.165, 1.54) is 42.6 Å². The van der Waals surface area contributed by atoms with Crippen molar-refractivity contribution >= 4 is 35.2 Å². The summed E-state index contributed by atoms with van der Waals surface area (Å²) in [5.41, 5.74) is 5.11. The maximum Gasteiger partial charge on any atom is 0.240 e. The van der Waals surface area contributed by atoms with Crippen LogP contribution < -0.4 is 26.9 Å². The number of nitrogens with one attached hydrogen (secondary N) is 2. The van der Waals surface area contributed by atoms with Gasteiger partial charge in [0.1, 0.15) is 23.4 Å². The van der Waals surface area contributed by atoms with Gasteiger partial charge in [-0.2, -0.15) is 5.10 Å². The third-order valence-electron chi connectivity index (χ3n) is 5.20. The number of nitrogens with zero attached hydrogens (tertiary/aromatic N) is 3. The number of ether oxygens (including phenoxy) is 1. The molecule has 3 aromatic rings. The minimum atomic E-state index is -1.28. The predicted octanol–water partition coefficient (Wildman–Crippen LogP) is 2.78. The quantitative estimate of drug-likeness (QED) is 0.180. The first-order valence-electron chi connectivity index (χ1n) is 10.0. The summed E-state index contributed by atoms with van der Waals surface area (Å²) in [6.07, 6.45) is 2.96. The van der Waals surface area contributed by atoms with Crippen molar-refractivity contribution in [2.75, 3.05) is 16.4 Å². The molecule has 0 bridgehead atoms. The highest BCUT2D eigenvalue weighted by molar-refractivity contribution is 6.16. The highest BCUT2D eigenvalue weighted by Gasteiger charge is 2.56. The molecule has 1 aliphatic rings. The Morgan fingerprint density at radius 1 is 1.03 bits per heavy atom. The van der Waals surface area contributed by atoms with Gasteiger partial charge in [0.15, 0.2) is 11.6 Å². The molecule has 0 aliphatic heterocycles. The normalized spacial score (nSPS) is 13.9. The molecule has 0 radical (unpaired) electrons. The number of carbonyl (C=O) groups is 2. The standard InChI is InChI=1S/C22H19F2N7O3/c23-12-1-3-13(4-2-12)30-20(32)22(7-8-22)21(33)31-14-5-6-17(16(24)9-14)34-19-15(10-29-26)18(25)27-11-28-19/h1-6,9-11H,7-8,26H2,(H,30,32)(H,31,33)(H2,25,27,28)/b29-10+. The average molecular weight is 467 g/mol. The van der Waals surface area contributed by atoms with E-state index in [2.05, 4.69) is 25.7 Å². The third-order valence-corrected chi connectivity index (χ3v) is 5.20. The maximum absolute atomic E-state index is 14.7. The first kappa shape index (κ1) is 22.6. The lowest BCUT2D eigenvalue weighted by Gasteiger charge is -2.16. The second-order valence-corrected chi connectivity index (χ2v) is 7.50. The number of anilines is 3. The monoisotopic (exact) mass is 467 g/mol. The van der Waals surface area contributed by atoms with Gasteiger partial charge < -0.3 is 26.9 Å². The van der Waals surface area contributed by atoms with Gasteiger partial charge in [-0.1, -0.05) is 0 Å². The van der Waals surface area contributed by atoms with Crippen LogP contribution in [0.2, 0.25) is 0 Å². The molecular weight excluding hydrogens is 448 g/mol. The van der Waals surface area contributed by atoms with E-state index in [1.54, 1.807) is 0 Å². The van der Waals surface area contributed by atoms with Crippen molar-refractivity contribution in [2.45, 2.75) is 12.8 Å². The SMILES string of the molecule is N/N=C/c1c(N)ncnc1Oc1ccc(NC(=O)C2(C(=O)Nc3ccc(F)cc3)CC2)cc1F. The van der Waals surface area contributed by atoms with Crippen molar-refractivity contribution in [3.63, 3.8) is 0 Å². The molecule has 0 saturated heterocycles. The van der Waals surface area contributed by atoms with Crippen LogP contribution in [0.3, 0.4) is 0 Å². The van der Waals surface area contributed by atoms with Crippen LogP contribution in [-0.4, -0.2) is 28.0 Å². The van der Waals surface area contributed by atoms with Crippen LogP contribution in [0, 0.1) is 17.0 Å². The summed E-state index contributed by atoms with van der Waals surface area (Å²) >= 11 is 0. The molecule has 1 saturated carbocycles. The first-order chi connectivity index (χ1) is 16.3. The van der Waals surface area contributed by atoms with E-state index >= 15 is 0 Å². The van der Waals surface area contributed by atoms with E-state index in [0.717, 1.165) is 12.4 Å². The van der Waals surface area contributed by atoms with Gasteiger partial charge in [0.2, 0.25) is 17.7 Å². The molecule has 1 aromatic heterocycles. The third kappa shape index (κ3) is 4.60. The van der Waals surface area contributed by atoms with E-state index in [4.69, 9.17) is 16.3 Å². The number of hydrogen-bond donors (Lipinski definition) is 4. The zero-order chi connectivity index (χ0) is 24.3. The molecule has 6 N–H and O–H groups in total. The first-order valence-corrected chi connectivity index (χ1v) is 10.0. The molecule has 0 spiro atoms. The Hall–Kier alpha value is -4.61. The molecule has 2 aromatic carbocycles. The number of amides is 2. The minimum absolute atomic E-state index is 0.0390. The Labute approximate surface area is 192 Å². The predicted molar refractivity (Wildman–Crippen MR) is 120 cm³/mol. The topological polar surface area (TPSA) is 158 Å². The lowest BCUT2D eigenvalue weighted by atomic mass is 10.0. The van der Waals surface area contributed by atoms with E-state index in [0.29, 0.717) is 18.5 Å². The summed E-state index contributed by atoms with van der Waals surface area (Å²) in [5.74, 6) is 2.58. The smallest absolute Gasteiger partial charge is 0.240 e. The van der Waals surface area contributed by atoms with E-state index in [-0.39, 0.29) is 28.7 Å². The number of aromatic nitrogens is 2. The van der Waals surface area contributed by atoms with Crippen LogP contribution in [0.25, 0.3) is 0 Å². The van der Waals surface area contributed by atoms with Crippen molar-refractivity contribution in [3.05, 3.63) is 66.0 Å². The summed E-state index contributed by atoms with van der Waals surface area (Å²) < 4.78 is 33.2. The Morgan fingerprint density at radius 2 is 1.68 bits per heavy atom. The van der Waals surface area contributed by atoms with Crippen molar-refractivity contribution in [1.82, 2.24) is 9.97 Å². The van der Waals surface area contributed by atoms with Crippen LogP contribution in [0.5, 0.6) is 11.6 Å². The zero-order valence-electron chi connectivity index (χ0n) is 17.6. The number of nitrogen functional groups attached to an aromatic ring is 1. The molecule has 1 heterocycles. The molecule has 4 rings (SSSR count). The molecule has 12 heteroatoms. The number of benzene rings is 2. The van der Waals surface area contributed by atoms with Crippen LogP contribution in [0.4, 0.5) is 26.0 Å². The molecule has 0 unspecified atom stereocenters. The molecule has 1 aliphatic carbocycles. The summed E-state index contributed by atoms with van der Waals surface area (Å²) in [4.78, 5) is 33.1. The lowest BCUT2D eigenvalue weighted by molar-refractivity contribution is -0.131. The van der Waals surface area contributed by atoms with E-state index in [1.807, 2.05) is 0 Å². The fraction of sp³-hybridized carbons (Fsp3) is 0.136. The van der Waals surface area contributed by atoms with Gasteiger partial charge in [-0.05, 0) is 49.2 Å². The molecule has 174 valence electrons. The van der Waals surface area contributed by atoms with Gasteiger partial charge in [-0.3, -0.25) is 9.59 Å². The summed E-state index contributed by atoms with van der Waals surface area (Å²) in [6, 6.07) is 8.92. The number of hydrogen-bond acceptors (Lipinski definition) is 8. The van der Waals surface area contributed by atoms with Crippen LogP contribution in [0.15, 0.2) is 53.9 Å². The Morgan fingerprint density at radius 3 is 2.29 bits per heavy atom. The van der Waals surface area contributed by atoms with Crippen molar-refractivity contribution in [1.29, 1.82) is 0 Å². The summed E-state index contributed by atoms with van der Waals surface area (Å²) in [7, 11) is 0. The van der Waals surface area contributed by atoms with Gasteiger partial charge >= 0.3 is 0 Å². The number of nitrogens with two attached hydrogens (primary N) is 2. The molecular formula is C22H19F2N7O3. The molecule has 34 heavy (non-hydrogen) atoms. The lowest BCUT2D eigenvalue weighted by Crippen LogP contribution is -2.35. The highest BCUT2D eigenvalue weighted by atomic mass is 19.1. The summed E-state index contributed by atoms with van der Waals surface area (Å²) in [6.45, 7) is 0. The van der Waals surface area contributed by atoms with Crippen LogP contribution >= 0.6 is 0 Å². The van der Waals surface area contributed by atoms with E-state index < -0.39 is 28.9 Å². The largest absolute Gasteiger partial charge is 0.435 e. The number of carbonyl (C=O) groups excluding carboxylic acids is 2.